The molecule has 1 aliphatic rings. The normalized spacial score (nSPS) is 21.8. The van der Waals surface area contributed by atoms with Gasteiger partial charge in [0.05, 0.1) is 5.75 Å². The van der Waals surface area contributed by atoms with E-state index >= 15 is 0 Å². The molecule has 1 heterocycles. The average molecular weight is 250 g/mol. The minimum atomic E-state index is -2.90. The van der Waals surface area contributed by atoms with E-state index in [1.165, 1.54) is 0 Å². The van der Waals surface area contributed by atoms with Crippen molar-refractivity contribution >= 4 is 27.4 Å². The molecule has 0 aromatic heterocycles. The molecule has 0 spiro atoms. The number of hydrogen-bond donors (Lipinski definition) is 0. The van der Waals surface area contributed by atoms with Crippen molar-refractivity contribution in [2.24, 2.45) is 5.92 Å². The van der Waals surface area contributed by atoms with Gasteiger partial charge in [0.15, 0.2) is 0 Å². The van der Waals surface area contributed by atoms with Gasteiger partial charge in [-0.1, -0.05) is 6.92 Å². The summed E-state index contributed by atoms with van der Waals surface area (Å²) in [5, 5.41) is 0. The third kappa shape index (κ3) is 4.55. The first kappa shape index (κ1) is 13.0. The van der Waals surface area contributed by atoms with Crippen LogP contribution in [0.1, 0.15) is 26.2 Å². The quantitative estimate of drug-likeness (QED) is 0.717. The van der Waals surface area contributed by atoms with Crippen LogP contribution in [0.2, 0.25) is 0 Å². The van der Waals surface area contributed by atoms with Crippen LogP contribution in [0.4, 0.5) is 0 Å². The van der Waals surface area contributed by atoms with Crippen LogP contribution in [-0.2, 0) is 14.6 Å². The molecule has 0 amide bonds. The summed E-state index contributed by atoms with van der Waals surface area (Å²) in [5.41, 5.74) is 0. The molecule has 0 N–H and O–H groups in total. The predicted molar refractivity (Wildman–Crippen MR) is 64.0 cm³/mol. The number of ketones is 1. The standard InChI is InChI=1S/C10H18O3S2/c1-2-15(12,13)7-3-4-10(11)9-5-6-14-8-9/h9H,2-8H2,1H3. The van der Waals surface area contributed by atoms with E-state index in [2.05, 4.69) is 0 Å². The van der Waals surface area contributed by atoms with E-state index in [4.69, 9.17) is 0 Å². The third-order valence-corrected chi connectivity index (χ3v) is 5.66. The summed E-state index contributed by atoms with van der Waals surface area (Å²) in [6.45, 7) is 1.64. The molecule has 0 aromatic rings. The molecule has 5 heteroatoms. The number of sulfone groups is 1. The number of carbonyl (C=O) groups excluding carboxylic acids is 1. The molecule has 0 saturated carbocycles. The highest BCUT2D eigenvalue weighted by Gasteiger charge is 2.22. The lowest BCUT2D eigenvalue weighted by atomic mass is 10.0. The Labute approximate surface area is 95.9 Å². The molecule has 1 aliphatic heterocycles. The van der Waals surface area contributed by atoms with Crippen molar-refractivity contribution in [3.63, 3.8) is 0 Å². The maximum Gasteiger partial charge on any atom is 0.150 e. The molecular formula is C10H18O3S2. The van der Waals surface area contributed by atoms with E-state index < -0.39 is 9.84 Å². The topological polar surface area (TPSA) is 51.2 Å². The largest absolute Gasteiger partial charge is 0.299 e. The highest BCUT2D eigenvalue weighted by molar-refractivity contribution is 7.99. The zero-order valence-corrected chi connectivity index (χ0v) is 10.7. The molecule has 1 fully saturated rings. The summed E-state index contributed by atoms with van der Waals surface area (Å²) in [4.78, 5) is 11.6. The molecule has 0 aromatic carbocycles. The second kappa shape index (κ2) is 5.89. The molecule has 15 heavy (non-hydrogen) atoms. The summed E-state index contributed by atoms with van der Waals surface area (Å²) in [5.74, 6) is 2.80. The van der Waals surface area contributed by atoms with Crippen molar-refractivity contribution in [3.8, 4) is 0 Å². The first-order chi connectivity index (χ1) is 7.05. The van der Waals surface area contributed by atoms with Gasteiger partial charge in [0.1, 0.15) is 15.6 Å². The van der Waals surface area contributed by atoms with Crippen LogP contribution in [0.15, 0.2) is 0 Å². The number of carbonyl (C=O) groups is 1. The summed E-state index contributed by atoms with van der Waals surface area (Å²) < 4.78 is 22.4. The molecule has 1 rings (SSSR count). The maximum absolute atomic E-state index is 11.6. The minimum absolute atomic E-state index is 0.162. The zero-order chi connectivity index (χ0) is 11.3. The van der Waals surface area contributed by atoms with Crippen molar-refractivity contribution in [1.82, 2.24) is 0 Å². The molecule has 0 radical (unpaired) electrons. The smallest absolute Gasteiger partial charge is 0.150 e. The Bertz CT molecular complexity index is 303. The first-order valence-corrected chi connectivity index (χ1v) is 8.33. The van der Waals surface area contributed by atoms with Gasteiger partial charge in [0, 0.05) is 23.8 Å². The van der Waals surface area contributed by atoms with Crippen LogP contribution < -0.4 is 0 Å². The lowest BCUT2D eigenvalue weighted by Crippen LogP contribution is -2.16. The lowest BCUT2D eigenvalue weighted by Gasteiger charge is -2.06. The second-order valence-corrected chi connectivity index (χ2v) is 7.49. The Kier molecular flexibility index (Phi) is 5.12. The van der Waals surface area contributed by atoms with Gasteiger partial charge in [-0.15, -0.1) is 0 Å². The Morgan fingerprint density at radius 1 is 1.47 bits per heavy atom. The molecule has 0 bridgehead atoms. The van der Waals surface area contributed by atoms with E-state index in [1.54, 1.807) is 6.92 Å². The number of rotatable bonds is 6. The fourth-order valence-corrected chi connectivity index (χ4v) is 3.73. The molecule has 1 saturated heterocycles. The van der Waals surface area contributed by atoms with E-state index in [9.17, 15) is 13.2 Å². The second-order valence-electron chi connectivity index (χ2n) is 3.87. The number of Topliss-reactive ketones (excluding diaryl/α,β-unsaturated/α-hetero) is 1. The Hall–Kier alpha value is -0.0300. The minimum Gasteiger partial charge on any atom is -0.299 e. The van der Waals surface area contributed by atoms with Crippen LogP contribution in [0.3, 0.4) is 0 Å². The van der Waals surface area contributed by atoms with Gasteiger partial charge < -0.3 is 0 Å². The Morgan fingerprint density at radius 3 is 2.73 bits per heavy atom. The molecule has 88 valence electrons. The van der Waals surface area contributed by atoms with Crippen molar-refractivity contribution in [2.75, 3.05) is 23.0 Å². The maximum atomic E-state index is 11.6. The van der Waals surface area contributed by atoms with Crippen LogP contribution >= 0.6 is 11.8 Å². The third-order valence-electron chi connectivity index (χ3n) is 2.70. The molecule has 3 nitrogen and oxygen atoms in total. The van der Waals surface area contributed by atoms with Crippen molar-refractivity contribution < 1.29 is 13.2 Å². The Balaban J connectivity index is 2.22. The summed E-state index contributed by atoms with van der Waals surface area (Å²) in [6.07, 6.45) is 1.91. The molecule has 1 atom stereocenters. The van der Waals surface area contributed by atoms with Gasteiger partial charge in [-0.25, -0.2) is 8.42 Å². The van der Waals surface area contributed by atoms with Gasteiger partial charge in [-0.05, 0) is 18.6 Å². The molecular weight excluding hydrogens is 232 g/mol. The average Bonchev–Trinajstić information content (AvgIpc) is 2.70. The SMILES string of the molecule is CCS(=O)(=O)CCCC(=O)C1CCSC1. The van der Waals surface area contributed by atoms with Gasteiger partial charge >= 0.3 is 0 Å². The lowest BCUT2D eigenvalue weighted by molar-refractivity contribution is -0.122. The van der Waals surface area contributed by atoms with Crippen molar-refractivity contribution in [2.45, 2.75) is 26.2 Å². The van der Waals surface area contributed by atoms with Crippen molar-refractivity contribution in [1.29, 1.82) is 0 Å². The Morgan fingerprint density at radius 2 is 2.20 bits per heavy atom. The van der Waals surface area contributed by atoms with Gasteiger partial charge in [0.2, 0.25) is 0 Å². The summed E-state index contributed by atoms with van der Waals surface area (Å²) in [7, 11) is -2.90. The number of thioether (sulfide) groups is 1. The van der Waals surface area contributed by atoms with Crippen LogP contribution in [0.25, 0.3) is 0 Å². The van der Waals surface area contributed by atoms with Gasteiger partial charge in [0.25, 0.3) is 0 Å². The zero-order valence-electron chi connectivity index (χ0n) is 9.07. The molecule has 1 unspecified atom stereocenters. The van der Waals surface area contributed by atoms with Crippen LogP contribution in [-0.4, -0.2) is 37.2 Å². The monoisotopic (exact) mass is 250 g/mol. The van der Waals surface area contributed by atoms with Crippen LogP contribution in [0, 0.1) is 5.92 Å². The fourth-order valence-electron chi connectivity index (χ4n) is 1.60. The van der Waals surface area contributed by atoms with E-state index in [-0.39, 0.29) is 23.2 Å². The molecule has 0 aliphatic carbocycles. The van der Waals surface area contributed by atoms with Gasteiger partial charge in [-0.2, -0.15) is 11.8 Å². The number of hydrogen-bond acceptors (Lipinski definition) is 4. The van der Waals surface area contributed by atoms with E-state index in [1.807, 2.05) is 11.8 Å². The summed E-state index contributed by atoms with van der Waals surface area (Å²) >= 11 is 1.81. The highest BCUT2D eigenvalue weighted by atomic mass is 32.2. The fraction of sp³-hybridized carbons (Fsp3) is 0.900. The highest BCUT2D eigenvalue weighted by Crippen LogP contribution is 2.25. The van der Waals surface area contributed by atoms with Gasteiger partial charge in [-0.3, -0.25) is 4.79 Å². The van der Waals surface area contributed by atoms with Crippen LogP contribution in [0.5, 0.6) is 0 Å². The van der Waals surface area contributed by atoms with E-state index in [0.717, 1.165) is 17.9 Å². The first-order valence-electron chi connectivity index (χ1n) is 5.36. The van der Waals surface area contributed by atoms with E-state index in [0.29, 0.717) is 12.8 Å². The predicted octanol–water partition coefficient (Wildman–Crippen LogP) is 1.52. The van der Waals surface area contributed by atoms with Crippen molar-refractivity contribution in [3.05, 3.63) is 0 Å². The summed E-state index contributed by atoms with van der Waals surface area (Å²) in [6, 6.07) is 0.